The van der Waals surface area contributed by atoms with E-state index in [9.17, 15) is 4.39 Å². The van der Waals surface area contributed by atoms with Gasteiger partial charge in [0.1, 0.15) is 5.82 Å². The highest BCUT2D eigenvalue weighted by Crippen LogP contribution is 2.18. The molecule has 2 nitrogen and oxygen atoms in total. The van der Waals surface area contributed by atoms with Gasteiger partial charge in [-0.2, -0.15) is 0 Å². The molecule has 0 heterocycles. The van der Waals surface area contributed by atoms with Gasteiger partial charge in [0.25, 0.3) is 0 Å². The summed E-state index contributed by atoms with van der Waals surface area (Å²) < 4.78 is 13.0. The van der Waals surface area contributed by atoms with Crippen molar-refractivity contribution in [3.8, 4) is 0 Å². The fourth-order valence-corrected chi connectivity index (χ4v) is 1.78. The van der Waals surface area contributed by atoms with Gasteiger partial charge in [0.05, 0.1) is 0 Å². The summed E-state index contributed by atoms with van der Waals surface area (Å²) in [5.74, 6) is 6.37. The quantitative estimate of drug-likeness (QED) is 0.595. The van der Waals surface area contributed by atoms with Gasteiger partial charge in [-0.25, -0.2) is 4.39 Å². The van der Waals surface area contributed by atoms with E-state index < -0.39 is 0 Å². The van der Waals surface area contributed by atoms with E-state index in [1.54, 1.807) is 12.1 Å². The molecule has 3 N–H and O–H groups in total. The van der Waals surface area contributed by atoms with Gasteiger partial charge >= 0.3 is 0 Å². The van der Waals surface area contributed by atoms with Crippen LogP contribution >= 0.6 is 0 Å². The SMILES string of the molecule is CC(C)C(C)C(Cc1cccc(F)c1)NN. The van der Waals surface area contributed by atoms with Crippen molar-refractivity contribution in [3.63, 3.8) is 0 Å². The molecule has 0 aromatic heterocycles. The lowest BCUT2D eigenvalue weighted by molar-refractivity contribution is 0.299. The lowest BCUT2D eigenvalue weighted by atomic mass is 9.87. The third-order valence-corrected chi connectivity index (χ3v) is 3.24. The number of hydrazine groups is 1. The monoisotopic (exact) mass is 224 g/mol. The van der Waals surface area contributed by atoms with Crippen molar-refractivity contribution in [3.05, 3.63) is 35.6 Å². The standard InChI is InChI=1S/C13H21FN2/c1-9(2)10(3)13(16-15)8-11-5-4-6-12(14)7-11/h4-7,9-10,13,16H,8,15H2,1-3H3. The maximum atomic E-state index is 13.0. The summed E-state index contributed by atoms with van der Waals surface area (Å²) in [6.45, 7) is 6.50. The molecule has 0 aliphatic carbocycles. The van der Waals surface area contributed by atoms with Crippen molar-refractivity contribution >= 4 is 0 Å². The summed E-state index contributed by atoms with van der Waals surface area (Å²) in [6, 6.07) is 6.87. The maximum absolute atomic E-state index is 13.0. The number of hydrogen-bond donors (Lipinski definition) is 2. The van der Waals surface area contributed by atoms with E-state index >= 15 is 0 Å². The minimum atomic E-state index is -0.189. The Morgan fingerprint density at radius 1 is 1.31 bits per heavy atom. The van der Waals surface area contributed by atoms with Gasteiger partial charge in [0, 0.05) is 6.04 Å². The van der Waals surface area contributed by atoms with Gasteiger partial charge in [-0.3, -0.25) is 11.3 Å². The van der Waals surface area contributed by atoms with Crippen LogP contribution in [0.4, 0.5) is 4.39 Å². The van der Waals surface area contributed by atoms with E-state index in [-0.39, 0.29) is 11.9 Å². The first-order chi connectivity index (χ1) is 7.54. The molecule has 0 aliphatic heterocycles. The molecule has 0 spiro atoms. The van der Waals surface area contributed by atoms with Crippen LogP contribution in [-0.2, 0) is 6.42 Å². The second-order valence-electron chi connectivity index (χ2n) is 4.71. The molecule has 0 bridgehead atoms. The number of rotatable bonds is 5. The summed E-state index contributed by atoms with van der Waals surface area (Å²) in [7, 11) is 0. The average molecular weight is 224 g/mol. The Kier molecular flexibility index (Phi) is 4.90. The minimum Gasteiger partial charge on any atom is -0.271 e. The topological polar surface area (TPSA) is 38.0 Å². The predicted octanol–water partition coefficient (Wildman–Crippen LogP) is 2.49. The highest BCUT2D eigenvalue weighted by atomic mass is 19.1. The van der Waals surface area contributed by atoms with Crippen LogP contribution in [0.2, 0.25) is 0 Å². The molecule has 1 rings (SSSR count). The zero-order chi connectivity index (χ0) is 12.1. The number of nitrogens with one attached hydrogen (secondary N) is 1. The highest BCUT2D eigenvalue weighted by Gasteiger charge is 2.19. The van der Waals surface area contributed by atoms with Gasteiger partial charge in [-0.05, 0) is 36.0 Å². The molecule has 0 aliphatic rings. The third-order valence-electron chi connectivity index (χ3n) is 3.24. The summed E-state index contributed by atoms with van der Waals surface area (Å²) >= 11 is 0. The highest BCUT2D eigenvalue weighted by molar-refractivity contribution is 5.17. The van der Waals surface area contributed by atoms with Crippen molar-refractivity contribution in [1.29, 1.82) is 0 Å². The van der Waals surface area contributed by atoms with Crippen LogP contribution in [0.3, 0.4) is 0 Å². The van der Waals surface area contributed by atoms with E-state index in [2.05, 4.69) is 26.2 Å². The van der Waals surface area contributed by atoms with E-state index in [4.69, 9.17) is 5.84 Å². The van der Waals surface area contributed by atoms with E-state index in [1.807, 2.05) is 6.07 Å². The number of benzene rings is 1. The molecule has 1 aromatic rings. The zero-order valence-electron chi connectivity index (χ0n) is 10.2. The molecule has 0 saturated heterocycles. The Morgan fingerprint density at radius 2 is 2.00 bits per heavy atom. The van der Waals surface area contributed by atoms with E-state index in [0.29, 0.717) is 11.8 Å². The third kappa shape index (κ3) is 3.58. The van der Waals surface area contributed by atoms with Crippen LogP contribution in [0, 0.1) is 17.7 Å². The molecule has 0 radical (unpaired) electrons. The first kappa shape index (κ1) is 13.1. The Balaban J connectivity index is 2.70. The second kappa shape index (κ2) is 5.97. The second-order valence-corrected chi connectivity index (χ2v) is 4.71. The van der Waals surface area contributed by atoms with Crippen LogP contribution in [0.15, 0.2) is 24.3 Å². The van der Waals surface area contributed by atoms with E-state index in [0.717, 1.165) is 12.0 Å². The summed E-state index contributed by atoms with van der Waals surface area (Å²) in [5, 5.41) is 0. The van der Waals surface area contributed by atoms with Gasteiger partial charge in [0.2, 0.25) is 0 Å². The average Bonchev–Trinajstić information content (AvgIpc) is 2.25. The molecule has 2 atom stereocenters. The molecule has 1 aromatic carbocycles. The molecule has 90 valence electrons. The number of halogens is 1. The smallest absolute Gasteiger partial charge is 0.123 e. The van der Waals surface area contributed by atoms with Gasteiger partial charge in [-0.15, -0.1) is 0 Å². The molecule has 0 fully saturated rings. The minimum absolute atomic E-state index is 0.182. The molecular weight excluding hydrogens is 203 g/mol. The van der Waals surface area contributed by atoms with Crippen molar-refractivity contribution in [2.24, 2.45) is 17.7 Å². The summed E-state index contributed by atoms with van der Waals surface area (Å²) in [5.41, 5.74) is 3.81. The predicted molar refractivity (Wildman–Crippen MR) is 65.2 cm³/mol. The van der Waals surface area contributed by atoms with Gasteiger partial charge in [0.15, 0.2) is 0 Å². The van der Waals surface area contributed by atoms with Crippen molar-refractivity contribution < 1.29 is 4.39 Å². The van der Waals surface area contributed by atoms with Crippen LogP contribution in [-0.4, -0.2) is 6.04 Å². The Bertz CT molecular complexity index is 325. The fourth-order valence-electron chi connectivity index (χ4n) is 1.78. The van der Waals surface area contributed by atoms with Crippen LogP contribution in [0.1, 0.15) is 26.3 Å². The summed E-state index contributed by atoms with van der Waals surface area (Å²) in [6.07, 6.45) is 0.758. The molecule has 0 saturated carbocycles. The molecule has 0 amide bonds. The van der Waals surface area contributed by atoms with Crippen LogP contribution in [0.5, 0.6) is 0 Å². The van der Waals surface area contributed by atoms with Crippen LogP contribution in [0.25, 0.3) is 0 Å². The normalized spacial score (nSPS) is 15.1. The largest absolute Gasteiger partial charge is 0.271 e. The first-order valence-corrected chi connectivity index (χ1v) is 5.75. The molecule has 16 heavy (non-hydrogen) atoms. The maximum Gasteiger partial charge on any atom is 0.123 e. The zero-order valence-corrected chi connectivity index (χ0v) is 10.2. The Labute approximate surface area is 97.0 Å². The summed E-state index contributed by atoms with van der Waals surface area (Å²) in [4.78, 5) is 0. The molecule has 2 unspecified atom stereocenters. The van der Waals surface area contributed by atoms with Crippen molar-refractivity contribution in [2.45, 2.75) is 33.2 Å². The number of nitrogens with two attached hydrogens (primary N) is 1. The number of hydrogen-bond acceptors (Lipinski definition) is 2. The lowest BCUT2D eigenvalue weighted by Crippen LogP contribution is -2.43. The molecule has 3 heteroatoms. The van der Waals surface area contributed by atoms with Crippen LogP contribution < -0.4 is 11.3 Å². The first-order valence-electron chi connectivity index (χ1n) is 5.75. The fraction of sp³-hybridized carbons (Fsp3) is 0.538. The van der Waals surface area contributed by atoms with Gasteiger partial charge in [-0.1, -0.05) is 32.9 Å². The van der Waals surface area contributed by atoms with Crippen molar-refractivity contribution in [1.82, 2.24) is 5.43 Å². The van der Waals surface area contributed by atoms with Gasteiger partial charge < -0.3 is 0 Å². The Hall–Kier alpha value is -0.930. The van der Waals surface area contributed by atoms with Crippen molar-refractivity contribution in [2.75, 3.05) is 0 Å². The Morgan fingerprint density at radius 3 is 2.50 bits per heavy atom. The van der Waals surface area contributed by atoms with E-state index in [1.165, 1.54) is 6.07 Å². The lowest BCUT2D eigenvalue weighted by Gasteiger charge is -2.26. The molecular formula is C13H21FN2.